The van der Waals surface area contributed by atoms with E-state index in [9.17, 15) is 0 Å². The van der Waals surface area contributed by atoms with Gasteiger partial charge in [-0.1, -0.05) is 63.7 Å². The third kappa shape index (κ3) is 4.87. The van der Waals surface area contributed by atoms with Gasteiger partial charge in [0.25, 0.3) is 0 Å². The van der Waals surface area contributed by atoms with Gasteiger partial charge in [-0.05, 0) is 40.0 Å². The second-order valence-electron chi connectivity index (χ2n) is 8.41. The zero-order valence-corrected chi connectivity index (χ0v) is 19.1. The fourth-order valence-corrected chi connectivity index (χ4v) is 4.14. The zero-order valence-electron chi connectivity index (χ0n) is 18.3. The van der Waals surface area contributed by atoms with E-state index in [0.717, 1.165) is 41.1 Å². The highest BCUT2D eigenvalue weighted by atomic mass is 32.2. The van der Waals surface area contributed by atoms with Crippen molar-refractivity contribution in [3.63, 3.8) is 0 Å². The Morgan fingerprint density at radius 3 is 2.52 bits per heavy atom. The largest absolute Gasteiger partial charge is 0.467 e. The zero-order chi connectivity index (χ0) is 21.8. The molecule has 162 valence electrons. The minimum Gasteiger partial charge on any atom is -0.467 e. The molecular formula is C22H27N7OS. The molecule has 0 N–H and O–H groups in total. The van der Waals surface area contributed by atoms with E-state index in [1.54, 1.807) is 18.0 Å². The molecule has 3 aromatic heterocycles. The van der Waals surface area contributed by atoms with Crippen LogP contribution in [-0.4, -0.2) is 35.0 Å². The molecule has 0 aliphatic heterocycles. The quantitative estimate of drug-likeness (QED) is 0.373. The molecule has 0 spiro atoms. The first-order chi connectivity index (χ1) is 15.0. The molecule has 0 atom stereocenters. The molecule has 0 aliphatic carbocycles. The molecule has 0 bridgehead atoms. The summed E-state index contributed by atoms with van der Waals surface area (Å²) in [6, 6.07) is 12.4. The fourth-order valence-electron chi connectivity index (χ4n) is 3.27. The van der Waals surface area contributed by atoms with Crippen molar-refractivity contribution in [1.29, 1.82) is 0 Å². The second-order valence-corrected chi connectivity index (χ2v) is 9.35. The van der Waals surface area contributed by atoms with Crippen LogP contribution in [0, 0.1) is 0 Å². The Morgan fingerprint density at radius 1 is 1.03 bits per heavy atom. The highest BCUT2D eigenvalue weighted by Crippen LogP contribution is 2.29. The topological polar surface area (TPSA) is 87.5 Å². The van der Waals surface area contributed by atoms with E-state index < -0.39 is 0 Å². The molecule has 0 unspecified atom stereocenters. The van der Waals surface area contributed by atoms with Gasteiger partial charge in [0, 0.05) is 12.1 Å². The average Bonchev–Trinajstić information content (AvgIpc) is 3.49. The van der Waals surface area contributed by atoms with Gasteiger partial charge in [-0.2, -0.15) is 0 Å². The predicted octanol–water partition coefficient (Wildman–Crippen LogP) is 4.57. The van der Waals surface area contributed by atoms with Crippen LogP contribution in [0.5, 0.6) is 0 Å². The standard InChI is InChI=1S/C22H27N7OS/c1-5-12-29-19(23-26-27-29)15-31-21-25-24-20(28(21)14-18-7-6-13-30-18)16-8-10-17(11-9-16)22(2,3)4/h6-11,13H,5,12,14-15H2,1-4H3. The monoisotopic (exact) mass is 437 g/mol. The number of furan rings is 1. The van der Waals surface area contributed by atoms with Crippen LogP contribution in [0.25, 0.3) is 11.4 Å². The molecule has 0 fully saturated rings. The van der Waals surface area contributed by atoms with E-state index in [4.69, 9.17) is 4.42 Å². The molecule has 0 aliphatic rings. The lowest BCUT2D eigenvalue weighted by Gasteiger charge is -2.19. The average molecular weight is 438 g/mol. The summed E-state index contributed by atoms with van der Waals surface area (Å²) in [4.78, 5) is 0. The van der Waals surface area contributed by atoms with E-state index in [1.165, 1.54) is 5.56 Å². The molecule has 8 nitrogen and oxygen atoms in total. The fraction of sp³-hybridized carbons (Fsp3) is 0.409. The molecule has 0 saturated heterocycles. The van der Waals surface area contributed by atoms with Crippen LogP contribution in [0.15, 0.2) is 52.2 Å². The van der Waals surface area contributed by atoms with Gasteiger partial charge < -0.3 is 4.42 Å². The SMILES string of the molecule is CCCn1nnnc1CSc1nnc(-c2ccc(C(C)(C)C)cc2)n1Cc1ccco1. The number of aromatic nitrogens is 7. The maximum absolute atomic E-state index is 5.60. The van der Waals surface area contributed by atoms with E-state index in [0.29, 0.717) is 12.3 Å². The van der Waals surface area contributed by atoms with Crippen LogP contribution in [0.1, 0.15) is 51.3 Å². The number of hydrogen-bond donors (Lipinski definition) is 0. The number of nitrogens with zero attached hydrogens (tertiary/aromatic N) is 7. The van der Waals surface area contributed by atoms with Gasteiger partial charge in [0.15, 0.2) is 16.8 Å². The van der Waals surface area contributed by atoms with Crippen molar-refractivity contribution < 1.29 is 4.42 Å². The smallest absolute Gasteiger partial charge is 0.192 e. The van der Waals surface area contributed by atoms with Gasteiger partial charge in [0.05, 0.1) is 18.6 Å². The summed E-state index contributed by atoms with van der Waals surface area (Å²) in [5.41, 5.74) is 2.41. The van der Waals surface area contributed by atoms with Gasteiger partial charge >= 0.3 is 0 Å². The summed E-state index contributed by atoms with van der Waals surface area (Å²) in [7, 11) is 0. The Bertz CT molecular complexity index is 1110. The molecule has 4 aromatic rings. The Morgan fingerprint density at radius 2 is 1.84 bits per heavy atom. The van der Waals surface area contributed by atoms with Gasteiger partial charge in [0.1, 0.15) is 5.76 Å². The number of hydrogen-bond acceptors (Lipinski definition) is 7. The molecule has 1 aromatic carbocycles. The summed E-state index contributed by atoms with van der Waals surface area (Å²) in [5, 5.41) is 21.8. The number of thioether (sulfide) groups is 1. The number of benzene rings is 1. The summed E-state index contributed by atoms with van der Waals surface area (Å²) in [6.45, 7) is 10.1. The van der Waals surface area contributed by atoms with Gasteiger partial charge in [-0.15, -0.1) is 15.3 Å². The highest BCUT2D eigenvalue weighted by molar-refractivity contribution is 7.98. The minimum absolute atomic E-state index is 0.101. The van der Waals surface area contributed by atoms with Crippen molar-refractivity contribution in [3.8, 4) is 11.4 Å². The van der Waals surface area contributed by atoms with Crippen molar-refractivity contribution in [2.45, 2.75) is 63.5 Å². The minimum atomic E-state index is 0.101. The van der Waals surface area contributed by atoms with E-state index in [-0.39, 0.29) is 5.41 Å². The molecule has 3 heterocycles. The Kier molecular flexibility index (Phi) is 6.22. The first-order valence-electron chi connectivity index (χ1n) is 10.4. The third-order valence-corrected chi connectivity index (χ3v) is 5.95. The first kappa shape index (κ1) is 21.3. The van der Waals surface area contributed by atoms with Crippen LogP contribution >= 0.6 is 11.8 Å². The molecule has 31 heavy (non-hydrogen) atoms. The van der Waals surface area contributed by atoms with Crippen LogP contribution < -0.4 is 0 Å². The summed E-state index contributed by atoms with van der Waals surface area (Å²) in [6.07, 6.45) is 2.66. The number of tetrazole rings is 1. The summed E-state index contributed by atoms with van der Waals surface area (Å²) in [5.74, 6) is 3.11. The van der Waals surface area contributed by atoms with Gasteiger partial charge in [0.2, 0.25) is 0 Å². The Hall–Kier alpha value is -2.94. The lowest BCUT2D eigenvalue weighted by Crippen LogP contribution is -2.10. The van der Waals surface area contributed by atoms with E-state index >= 15 is 0 Å². The second kappa shape index (κ2) is 9.05. The Labute approximate surface area is 186 Å². The number of rotatable bonds is 8. The van der Waals surface area contributed by atoms with E-state index in [1.807, 2.05) is 16.8 Å². The summed E-state index contributed by atoms with van der Waals surface area (Å²) < 4.78 is 9.52. The van der Waals surface area contributed by atoms with Crippen molar-refractivity contribution in [3.05, 3.63) is 59.8 Å². The summed E-state index contributed by atoms with van der Waals surface area (Å²) >= 11 is 1.57. The van der Waals surface area contributed by atoms with Gasteiger partial charge in [-0.3, -0.25) is 4.57 Å². The predicted molar refractivity (Wildman–Crippen MR) is 120 cm³/mol. The lowest BCUT2D eigenvalue weighted by molar-refractivity contribution is 0.485. The van der Waals surface area contributed by atoms with Crippen LogP contribution in [-0.2, 0) is 24.3 Å². The molecule has 0 saturated carbocycles. The number of aryl methyl sites for hydroxylation is 1. The van der Waals surface area contributed by atoms with Crippen LogP contribution in [0.4, 0.5) is 0 Å². The molecular weight excluding hydrogens is 410 g/mol. The molecule has 9 heteroatoms. The Balaban J connectivity index is 1.63. The van der Waals surface area contributed by atoms with Crippen molar-refractivity contribution in [2.75, 3.05) is 0 Å². The normalized spacial score (nSPS) is 11.9. The molecule has 4 rings (SSSR count). The van der Waals surface area contributed by atoms with Crippen molar-refractivity contribution >= 4 is 11.8 Å². The lowest BCUT2D eigenvalue weighted by atomic mass is 9.87. The maximum atomic E-state index is 5.60. The first-order valence-corrected chi connectivity index (χ1v) is 11.4. The molecule has 0 amide bonds. The third-order valence-electron chi connectivity index (χ3n) is 4.99. The molecule has 0 radical (unpaired) electrons. The van der Waals surface area contributed by atoms with Crippen molar-refractivity contribution in [1.82, 2.24) is 35.0 Å². The van der Waals surface area contributed by atoms with E-state index in [2.05, 4.69) is 82.3 Å². The highest BCUT2D eigenvalue weighted by Gasteiger charge is 2.19. The van der Waals surface area contributed by atoms with Gasteiger partial charge in [-0.25, -0.2) is 4.68 Å². The van der Waals surface area contributed by atoms with Crippen LogP contribution in [0.3, 0.4) is 0 Å². The van der Waals surface area contributed by atoms with Crippen LogP contribution in [0.2, 0.25) is 0 Å². The van der Waals surface area contributed by atoms with Crippen molar-refractivity contribution in [2.24, 2.45) is 0 Å². The maximum Gasteiger partial charge on any atom is 0.192 e.